The van der Waals surface area contributed by atoms with Crippen molar-refractivity contribution >= 4 is 5.95 Å². The van der Waals surface area contributed by atoms with Gasteiger partial charge in [-0.3, -0.25) is 0 Å². The van der Waals surface area contributed by atoms with E-state index in [1.54, 1.807) is 4.90 Å². The number of piperidine rings is 1. The normalized spacial score (nSPS) is 24.6. The number of halogens is 3. The molecule has 106 valence electrons. The molecule has 4 nitrogen and oxygen atoms in total. The van der Waals surface area contributed by atoms with Crippen molar-refractivity contribution in [1.29, 1.82) is 0 Å². The van der Waals surface area contributed by atoms with E-state index in [9.17, 15) is 13.2 Å². The van der Waals surface area contributed by atoms with E-state index < -0.39 is 11.9 Å². The summed E-state index contributed by atoms with van der Waals surface area (Å²) in [6.07, 6.45) is -1.64. The van der Waals surface area contributed by atoms with Crippen molar-refractivity contribution in [3.63, 3.8) is 0 Å². The molecule has 2 rings (SSSR count). The van der Waals surface area contributed by atoms with Crippen molar-refractivity contribution in [3.05, 3.63) is 18.0 Å². The van der Waals surface area contributed by atoms with Gasteiger partial charge >= 0.3 is 6.18 Å². The predicted molar refractivity (Wildman–Crippen MR) is 65.6 cm³/mol. The summed E-state index contributed by atoms with van der Waals surface area (Å²) >= 11 is 0. The van der Waals surface area contributed by atoms with Gasteiger partial charge in [0, 0.05) is 25.3 Å². The number of aromatic nitrogens is 2. The molecule has 2 heterocycles. The van der Waals surface area contributed by atoms with Crippen LogP contribution in [0.3, 0.4) is 0 Å². The van der Waals surface area contributed by atoms with Crippen molar-refractivity contribution in [2.75, 3.05) is 18.0 Å². The summed E-state index contributed by atoms with van der Waals surface area (Å²) in [6.45, 7) is 3.24. The first kappa shape index (κ1) is 14.0. The fraction of sp³-hybridized carbons (Fsp3) is 0.667. The Morgan fingerprint density at radius 1 is 1.47 bits per heavy atom. The molecule has 1 aliphatic rings. The van der Waals surface area contributed by atoms with E-state index in [1.807, 2.05) is 6.92 Å². The first-order valence-electron chi connectivity index (χ1n) is 6.32. The van der Waals surface area contributed by atoms with Crippen LogP contribution in [0.1, 0.15) is 25.5 Å². The minimum Gasteiger partial charge on any atom is -0.340 e. The monoisotopic (exact) mass is 274 g/mol. The number of hydrogen-bond acceptors (Lipinski definition) is 4. The van der Waals surface area contributed by atoms with E-state index in [-0.39, 0.29) is 17.9 Å². The first-order valence-corrected chi connectivity index (χ1v) is 6.32. The highest BCUT2D eigenvalue weighted by molar-refractivity contribution is 5.32. The summed E-state index contributed by atoms with van der Waals surface area (Å²) in [5.41, 5.74) is 5.08. The molecule has 0 aliphatic carbocycles. The molecule has 7 heteroatoms. The van der Waals surface area contributed by atoms with E-state index in [4.69, 9.17) is 5.73 Å². The lowest BCUT2D eigenvalue weighted by atomic mass is 9.91. The molecule has 2 atom stereocenters. The second kappa shape index (κ2) is 5.32. The summed E-state index contributed by atoms with van der Waals surface area (Å²) in [5, 5.41) is 0. The van der Waals surface area contributed by atoms with E-state index in [1.165, 1.54) is 0 Å². The van der Waals surface area contributed by atoms with E-state index in [2.05, 4.69) is 9.97 Å². The van der Waals surface area contributed by atoms with Gasteiger partial charge in [0.15, 0.2) is 0 Å². The van der Waals surface area contributed by atoms with Crippen LogP contribution in [0.5, 0.6) is 0 Å². The summed E-state index contributed by atoms with van der Waals surface area (Å²) in [5.74, 6) is 0.409. The summed E-state index contributed by atoms with van der Waals surface area (Å²) < 4.78 is 37.8. The fourth-order valence-corrected chi connectivity index (χ4v) is 2.32. The van der Waals surface area contributed by atoms with Gasteiger partial charge in [-0.05, 0) is 18.4 Å². The number of hydrogen-bond donors (Lipinski definition) is 1. The van der Waals surface area contributed by atoms with Crippen LogP contribution >= 0.6 is 0 Å². The first-order chi connectivity index (χ1) is 8.91. The molecule has 2 N–H and O–H groups in total. The summed E-state index contributed by atoms with van der Waals surface area (Å²) in [6, 6.07) is 0.989. The Morgan fingerprint density at radius 3 is 2.84 bits per heavy atom. The van der Waals surface area contributed by atoms with Crippen LogP contribution in [-0.4, -0.2) is 29.1 Å². The Hall–Kier alpha value is -1.37. The molecule has 2 unspecified atom stereocenters. The third-order valence-corrected chi connectivity index (χ3v) is 3.53. The molecule has 0 spiro atoms. The topological polar surface area (TPSA) is 55.0 Å². The van der Waals surface area contributed by atoms with Crippen molar-refractivity contribution in [1.82, 2.24) is 9.97 Å². The summed E-state index contributed by atoms with van der Waals surface area (Å²) in [7, 11) is 0. The molecule has 0 aromatic carbocycles. The van der Waals surface area contributed by atoms with E-state index >= 15 is 0 Å². The minimum atomic E-state index is -4.44. The molecular formula is C12H17F3N4. The number of nitrogens with two attached hydrogens (primary N) is 1. The van der Waals surface area contributed by atoms with Crippen molar-refractivity contribution in [3.8, 4) is 0 Å². The highest BCUT2D eigenvalue weighted by atomic mass is 19.4. The Morgan fingerprint density at radius 2 is 2.21 bits per heavy atom. The highest BCUT2D eigenvalue weighted by Gasteiger charge is 2.34. The smallest absolute Gasteiger partial charge is 0.340 e. The van der Waals surface area contributed by atoms with Crippen molar-refractivity contribution in [2.45, 2.75) is 32.0 Å². The van der Waals surface area contributed by atoms with Crippen LogP contribution in [-0.2, 0) is 6.18 Å². The van der Waals surface area contributed by atoms with Gasteiger partial charge in [0.05, 0.1) is 0 Å². The van der Waals surface area contributed by atoms with Gasteiger partial charge in [0.2, 0.25) is 5.95 Å². The van der Waals surface area contributed by atoms with Crippen LogP contribution in [0.25, 0.3) is 0 Å². The van der Waals surface area contributed by atoms with Gasteiger partial charge in [-0.25, -0.2) is 9.97 Å². The Bertz CT molecular complexity index is 435. The average molecular weight is 274 g/mol. The minimum absolute atomic E-state index is 0.104. The lowest BCUT2D eigenvalue weighted by molar-refractivity contribution is -0.141. The molecular weight excluding hydrogens is 257 g/mol. The maximum Gasteiger partial charge on any atom is 0.433 e. The average Bonchev–Trinajstić information content (AvgIpc) is 2.38. The quantitative estimate of drug-likeness (QED) is 0.897. The van der Waals surface area contributed by atoms with Crippen LogP contribution < -0.4 is 10.6 Å². The van der Waals surface area contributed by atoms with Gasteiger partial charge < -0.3 is 10.6 Å². The zero-order chi connectivity index (χ0) is 14.0. The third kappa shape index (κ3) is 3.15. The zero-order valence-electron chi connectivity index (χ0n) is 10.7. The van der Waals surface area contributed by atoms with Gasteiger partial charge in [-0.1, -0.05) is 13.3 Å². The lowest BCUT2D eigenvalue weighted by Crippen LogP contribution is -2.47. The van der Waals surface area contributed by atoms with E-state index in [0.29, 0.717) is 13.1 Å². The second-order valence-corrected chi connectivity index (χ2v) is 4.81. The van der Waals surface area contributed by atoms with Crippen molar-refractivity contribution < 1.29 is 13.2 Å². The molecule has 0 amide bonds. The standard InChI is InChI=1S/C12H17F3N4/c1-2-8-7-19(6-4-9(8)16)11-17-5-3-10(18-11)12(13,14)15/h3,5,8-9H,2,4,6-7,16H2,1H3. The molecule has 0 bridgehead atoms. The van der Waals surface area contributed by atoms with Crippen LogP contribution in [0.15, 0.2) is 12.3 Å². The number of anilines is 1. The number of rotatable bonds is 2. The van der Waals surface area contributed by atoms with Gasteiger partial charge in [-0.15, -0.1) is 0 Å². The SMILES string of the molecule is CCC1CN(c2nccc(C(F)(F)F)n2)CCC1N. The number of alkyl halides is 3. The van der Waals surface area contributed by atoms with Crippen LogP contribution in [0, 0.1) is 5.92 Å². The zero-order valence-corrected chi connectivity index (χ0v) is 10.7. The molecule has 0 radical (unpaired) electrons. The molecule has 1 fully saturated rings. The largest absolute Gasteiger partial charge is 0.433 e. The summed E-state index contributed by atoms with van der Waals surface area (Å²) in [4.78, 5) is 9.34. The van der Waals surface area contributed by atoms with Gasteiger partial charge in [0.25, 0.3) is 0 Å². The molecule has 1 aromatic heterocycles. The van der Waals surface area contributed by atoms with Gasteiger partial charge in [0.1, 0.15) is 5.69 Å². The van der Waals surface area contributed by atoms with Crippen LogP contribution in [0.4, 0.5) is 19.1 Å². The second-order valence-electron chi connectivity index (χ2n) is 4.81. The molecule has 1 saturated heterocycles. The van der Waals surface area contributed by atoms with Crippen molar-refractivity contribution in [2.24, 2.45) is 11.7 Å². The fourth-order valence-electron chi connectivity index (χ4n) is 2.32. The van der Waals surface area contributed by atoms with Crippen LogP contribution in [0.2, 0.25) is 0 Å². The predicted octanol–water partition coefficient (Wildman–Crippen LogP) is 2.06. The lowest BCUT2D eigenvalue weighted by Gasteiger charge is -2.36. The van der Waals surface area contributed by atoms with E-state index in [0.717, 1.165) is 25.1 Å². The molecule has 1 aliphatic heterocycles. The molecule has 19 heavy (non-hydrogen) atoms. The maximum atomic E-state index is 12.6. The Balaban J connectivity index is 2.18. The Kier molecular flexibility index (Phi) is 3.93. The maximum absolute atomic E-state index is 12.6. The Labute approximate surface area is 109 Å². The number of nitrogens with zero attached hydrogens (tertiary/aromatic N) is 3. The third-order valence-electron chi connectivity index (χ3n) is 3.53. The molecule has 0 saturated carbocycles. The highest BCUT2D eigenvalue weighted by Crippen LogP contribution is 2.29. The molecule has 1 aromatic rings. The van der Waals surface area contributed by atoms with Gasteiger partial charge in [-0.2, -0.15) is 13.2 Å².